The first-order valence-electron chi connectivity index (χ1n) is 3.46. The van der Waals surface area contributed by atoms with E-state index in [1.165, 1.54) is 6.42 Å². The smallest absolute Gasteiger partial charge is 0.0905 e. The molecule has 0 spiro atoms. The lowest BCUT2D eigenvalue weighted by atomic mass is 10.3. The van der Waals surface area contributed by atoms with E-state index in [1.807, 2.05) is 6.92 Å². The largest absolute Gasteiger partial charge is 0.388 e. The lowest BCUT2D eigenvalue weighted by Gasteiger charge is -1.90. The molecule has 0 radical (unpaired) electrons. The van der Waals surface area contributed by atoms with Gasteiger partial charge in [-0.1, -0.05) is 6.92 Å². The predicted molar refractivity (Wildman–Crippen MR) is 39.4 cm³/mol. The lowest BCUT2D eigenvalue weighted by Crippen LogP contribution is -2.06. The van der Waals surface area contributed by atoms with Crippen LogP contribution < -0.4 is 5.73 Å². The van der Waals surface area contributed by atoms with Crippen LogP contribution in [0, 0.1) is 11.8 Å². The number of aliphatic imine (C=N–C) groups is 1. The van der Waals surface area contributed by atoms with Gasteiger partial charge in [0.1, 0.15) is 0 Å². The van der Waals surface area contributed by atoms with Crippen LogP contribution in [-0.2, 0) is 0 Å². The first-order chi connectivity index (χ1) is 4.20. The predicted octanol–water partition coefficient (Wildman–Crippen LogP) is 1.02. The quantitative estimate of drug-likeness (QED) is 0.435. The molecule has 1 aliphatic carbocycles. The maximum absolute atomic E-state index is 5.36. The number of rotatable bonds is 2. The van der Waals surface area contributed by atoms with E-state index in [0.29, 0.717) is 5.84 Å². The van der Waals surface area contributed by atoms with Crippen molar-refractivity contribution < 1.29 is 0 Å². The van der Waals surface area contributed by atoms with E-state index in [1.54, 1.807) is 0 Å². The minimum absolute atomic E-state index is 0.717. The van der Waals surface area contributed by atoms with Crippen LogP contribution in [0.25, 0.3) is 0 Å². The first-order valence-corrected chi connectivity index (χ1v) is 3.46. The van der Waals surface area contributed by atoms with Gasteiger partial charge in [0.05, 0.1) is 5.84 Å². The highest BCUT2D eigenvalue weighted by atomic mass is 14.8. The maximum atomic E-state index is 5.36. The summed E-state index contributed by atoms with van der Waals surface area (Å²) in [4.78, 5) is 4.13. The molecule has 2 heteroatoms. The van der Waals surface area contributed by atoms with E-state index < -0.39 is 0 Å². The molecule has 0 amide bonds. The first kappa shape index (κ1) is 6.59. The van der Waals surface area contributed by atoms with Crippen LogP contribution in [0.5, 0.6) is 0 Å². The molecule has 0 aromatic rings. The third-order valence-electron chi connectivity index (χ3n) is 1.85. The van der Waals surface area contributed by atoms with Gasteiger partial charge in [0.2, 0.25) is 0 Å². The molecule has 52 valence electrons. The summed E-state index contributed by atoms with van der Waals surface area (Å²) < 4.78 is 0. The van der Waals surface area contributed by atoms with Crippen LogP contribution in [0.2, 0.25) is 0 Å². The summed E-state index contributed by atoms with van der Waals surface area (Å²) in [5.74, 6) is 2.45. The summed E-state index contributed by atoms with van der Waals surface area (Å²) >= 11 is 0. The minimum atomic E-state index is 0.717. The Kier molecular flexibility index (Phi) is 1.74. The molecule has 2 nitrogen and oxygen atoms in total. The number of nitrogens with two attached hydrogens (primary N) is 1. The van der Waals surface area contributed by atoms with Gasteiger partial charge in [-0.15, -0.1) is 0 Å². The van der Waals surface area contributed by atoms with Gasteiger partial charge in [-0.25, -0.2) is 0 Å². The fourth-order valence-corrected chi connectivity index (χ4v) is 0.915. The Balaban J connectivity index is 2.14. The van der Waals surface area contributed by atoms with E-state index in [0.717, 1.165) is 18.4 Å². The minimum Gasteiger partial charge on any atom is -0.388 e. The zero-order valence-corrected chi connectivity index (χ0v) is 6.09. The average Bonchev–Trinajstić information content (AvgIpc) is 2.42. The second kappa shape index (κ2) is 2.38. The molecule has 0 bridgehead atoms. The molecule has 0 aromatic heterocycles. The standard InChI is InChI=1S/C7H14N2/c1-5-3-7(5)4-9-6(2)8/h5,7H,3-4H2,1-2H3,(H2,8,9). The zero-order valence-electron chi connectivity index (χ0n) is 6.09. The number of amidine groups is 1. The number of nitrogens with zero attached hydrogens (tertiary/aromatic N) is 1. The Morgan fingerprint density at radius 2 is 2.33 bits per heavy atom. The van der Waals surface area contributed by atoms with E-state index >= 15 is 0 Å². The molecular weight excluding hydrogens is 112 g/mol. The highest BCUT2D eigenvalue weighted by molar-refractivity contribution is 5.77. The Hall–Kier alpha value is -0.530. The van der Waals surface area contributed by atoms with Crippen LogP contribution >= 0.6 is 0 Å². The summed E-state index contributed by atoms with van der Waals surface area (Å²) in [6.45, 7) is 5.04. The van der Waals surface area contributed by atoms with Crippen LogP contribution in [0.15, 0.2) is 4.99 Å². The van der Waals surface area contributed by atoms with Crippen molar-refractivity contribution in [1.29, 1.82) is 0 Å². The number of hydrogen-bond acceptors (Lipinski definition) is 1. The van der Waals surface area contributed by atoms with Gasteiger partial charge in [0.25, 0.3) is 0 Å². The molecule has 1 rings (SSSR count). The highest BCUT2D eigenvalue weighted by Gasteiger charge is 2.31. The van der Waals surface area contributed by atoms with E-state index in [9.17, 15) is 0 Å². The van der Waals surface area contributed by atoms with Crippen molar-refractivity contribution in [2.24, 2.45) is 22.6 Å². The van der Waals surface area contributed by atoms with Crippen LogP contribution in [0.3, 0.4) is 0 Å². The SMILES string of the molecule is CC(N)=NCC1CC1C. The highest BCUT2D eigenvalue weighted by Crippen LogP contribution is 2.37. The van der Waals surface area contributed by atoms with Crippen molar-refractivity contribution in [3.05, 3.63) is 0 Å². The van der Waals surface area contributed by atoms with Crippen molar-refractivity contribution in [1.82, 2.24) is 0 Å². The van der Waals surface area contributed by atoms with Crippen molar-refractivity contribution >= 4 is 5.84 Å². The summed E-state index contributed by atoms with van der Waals surface area (Å²) in [5.41, 5.74) is 5.36. The van der Waals surface area contributed by atoms with Gasteiger partial charge in [0, 0.05) is 6.54 Å². The molecule has 0 saturated heterocycles. The van der Waals surface area contributed by atoms with Gasteiger partial charge in [0.15, 0.2) is 0 Å². The Morgan fingerprint density at radius 3 is 2.67 bits per heavy atom. The number of hydrogen-bond donors (Lipinski definition) is 1. The molecule has 0 heterocycles. The molecule has 9 heavy (non-hydrogen) atoms. The second-order valence-corrected chi connectivity index (χ2v) is 2.96. The zero-order chi connectivity index (χ0) is 6.85. The van der Waals surface area contributed by atoms with Gasteiger partial charge in [-0.05, 0) is 25.2 Å². The Morgan fingerprint density at radius 1 is 1.78 bits per heavy atom. The molecule has 2 unspecified atom stereocenters. The normalized spacial score (nSPS) is 34.7. The van der Waals surface area contributed by atoms with Crippen LogP contribution in [0.4, 0.5) is 0 Å². The van der Waals surface area contributed by atoms with Crippen molar-refractivity contribution in [2.45, 2.75) is 20.3 Å². The Bertz CT molecular complexity index is 125. The fraction of sp³-hybridized carbons (Fsp3) is 0.857. The summed E-state index contributed by atoms with van der Waals surface area (Å²) in [6, 6.07) is 0. The molecule has 1 aliphatic rings. The molecular formula is C7H14N2. The molecule has 0 aromatic carbocycles. The maximum Gasteiger partial charge on any atom is 0.0905 e. The monoisotopic (exact) mass is 126 g/mol. The van der Waals surface area contributed by atoms with E-state index in [-0.39, 0.29) is 0 Å². The lowest BCUT2D eigenvalue weighted by molar-refractivity contribution is 0.761. The summed E-state index contributed by atoms with van der Waals surface area (Å²) in [7, 11) is 0. The van der Waals surface area contributed by atoms with Crippen molar-refractivity contribution in [3.63, 3.8) is 0 Å². The fourth-order valence-electron chi connectivity index (χ4n) is 0.915. The molecule has 2 N–H and O–H groups in total. The van der Waals surface area contributed by atoms with Gasteiger partial charge >= 0.3 is 0 Å². The van der Waals surface area contributed by atoms with Gasteiger partial charge < -0.3 is 5.73 Å². The molecule has 2 atom stereocenters. The molecule has 1 fully saturated rings. The van der Waals surface area contributed by atoms with E-state index in [4.69, 9.17) is 5.73 Å². The Labute approximate surface area is 56.2 Å². The third kappa shape index (κ3) is 2.04. The van der Waals surface area contributed by atoms with Gasteiger partial charge in [-0.2, -0.15) is 0 Å². The van der Waals surface area contributed by atoms with Gasteiger partial charge in [-0.3, -0.25) is 4.99 Å². The topological polar surface area (TPSA) is 38.4 Å². The molecule has 1 saturated carbocycles. The van der Waals surface area contributed by atoms with Crippen LogP contribution in [-0.4, -0.2) is 12.4 Å². The van der Waals surface area contributed by atoms with Crippen molar-refractivity contribution in [3.8, 4) is 0 Å². The molecule has 0 aliphatic heterocycles. The van der Waals surface area contributed by atoms with E-state index in [2.05, 4.69) is 11.9 Å². The van der Waals surface area contributed by atoms with Crippen molar-refractivity contribution in [2.75, 3.05) is 6.54 Å². The third-order valence-corrected chi connectivity index (χ3v) is 1.85. The second-order valence-electron chi connectivity index (χ2n) is 2.96. The average molecular weight is 126 g/mol. The summed E-state index contributed by atoms with van der Waals surface area (Å²) in [5, 5.41) is 0. The summed E-state index contributed by atoms with van der Waals surface area (Å²) in [6.07, 6.45) is 1.34. The van der Waals surface area contributed by atoms with Crippen LogP contribution in [0.1, 0.15) is 20.3 Å².